The molecule has 0 radical (unpaired) electrons. The van der Waals surface area contributed by atoms with Crippen LogP contribution < -0.4 is 5.32 Å². The minimum absolute atomic E-state index is 0.0997. The second-order valence-electron chi connectivity index (χ2n) is 5.60. The lowest BCUT2D eigenvalue weighted by Gasteiger charge is -2.35. The largest absolute Gasteiger partial charge is 0.394 e. The predicted octanol–water partition coefficient (Wildman–Crippen LogP) is 1.20. The molecule has 112 valence electrons. The van der Waals surface area contributed by atoms with Crippen LogP contribution in [0.25, 0.3) is 0 Å². The Morgan fingerprint density at radius 1 is 1.40 bits per heavy atom. The van der Waals surface area contributed by atoms with E-state index in [2.05, 4.69) is 29.4 Å². The molecule has 0 aliphatic carbocycles. The number of likely N-dealkylation sites (N-methyl/N-ethyl adjacent to an activating group) is 2. The average molecular weight is 278 g/mol. The van der Waals surface area contributed by atoms with Crippen molar-refractivity contribution in [3.8, 4) is 0 Å². The summed E-state index contributed by atoms with van der Waals surface area (Å²) < 4.78 is 5.44. The Balaban J connectivity index is 2.02. The van der Waals surface area contributed by atoms with Crippen LogP contribution in [0.2, 0.25) is 0 Å². The molecule has 2 rings (SSSR count). The number of benzene rings is 1. The van der Waals surface area contributed by atoms with Crippen molar-refractivity contribution in [2.24, 2.45) is 0 Å². The Morgan fingerprint density at radius 2 is 2.15 bits per heavy atom. The molecule has 0 aromatic heterocycles. The summed E-state index contributed by atoms with van der Waals surface area (Å²) >= 11 is 0. The highest BCUT2D eigenvalue weighted by Crippen LogP contribution is 2.25. The summed E-state index contributed by atoms with van der Waals surface area (Å²) in [6.45, 7) is 2.73. The van der Waals surface area contributed by atoms with Crippen LogP contribution in [0.5, 0.6) is 0 Å². The van der Waals surface area contributed by atoms with Gasteiger partial charge in [-0.1, -0.05) is 30.3 Å². The summed E-state index contributed by atoms with van der Waals surface area (Å²) in [5.41, 5.74) is 0.774. The number of aliphatic hydroxyl groups excluding tert-OH is 1. The second kappa shape index (κ2) is 7.18. The number of hydrogen-bond donors (Lipinski definition) is 2. The third-order valence-corrected chi connectivity index (χ3v) is 4.50. The lowest BCUT2D eigenvalue weighted by molar-refractivity contribution is 0.123. The molecule has 1 heterocycles. The molecule has 0 saturated carbocycles. The van der Waals surface area contributed by atoms with Gasteiger partial charge in [0.05, 0.1) is 18.8 Å². The van der Waals surface area contributed by atoms with Crippen molar-refractivity contribution >= 4 is 0 Å². The van der Waals surface area contributed by atoms with Gasteiger partial charge in [0.25, 0.3) is 0 Å². The third kappa shape index (κ3) is 3.38. The standard InChI is InChI=1S/C16H26N2O2/c1-17-16(13-19,14-6-4-3-5-7-14)9-10-18(2)15-8-11-20-12-15/h3-7,15,17,19H,8-13H2,1-2H3. The molecule has 1 aliphatic heterocycles. The first kappa shape index (κ1) is 15.4. The molecule has 4 nitrogen and oxygen atoms in total. The summed E-state index contributed by atoms with van der Waals surface area (Å²) in [6, 6.07) is 10.7. The van der Waals surface area contributed by atoms with E-state index in [1.807, 2.05) is 25.2 Å². The quantitative estimate of drug-likeness (QED) is 0.787. The zero-order valence-electron chi connectivity index (χ0n) is 12.5. The van der Waals surface area contributed by atoms with Crippen LogP contribution in [0.15, 0.2) is 30.3 Å². The van der Waals surface area contributed by atoms with Crippen molar-refractivity contribution in [1.82, 2.24) is 10.2 Å². The van der Waals surface area contributed by atoms with Gasteiger partial charge in [0, 0.05) is 19.2 Å². The van der Waals surface area contributed by atoms with Gasteiger partial charge in [-0.25, -0.2) is 0 Å². The first-order valence-electron chi connectivity index (χ1n) is 7.35. The topological polar surface area (TPSA) is 44.7 Å². The number of ether oxygens (including phenoxy) is 1. The molecule has 2 atom stereocenters. The Bertz CT molecular complexity index is 387. The van der Waals surface area contributed by atoms with Gasteiger partial charge >= 0.3 is 0 Å². The van der Waals surface area contributed by atoms with E-state index in [1.165, 1.54) is 0 Å². The summed E-state index contributed by atoms with van der Waals surface area (Å²) in [7, 11) is 4.06. The van der Waals surface area contributed by atoms with E-state index in [0.29, 0.717) is 6.04 Å². The van der Waals surface area contributed by atoms with Gasteiger partial charge in [0.15, 0.2) is 0 Å². The van der Waals surface area contributed by atoms with Crippen LogP contribution in [-0.4, -0.2) is 56.5 Å². The van der Waals surface area contributed by atoms with E-state index in [-0.39, 0.29) is 12.1 Å². The molecule has 0 amide bonds. The second-order valence-corrected chi connectivity index (χ2v) is 5.60. The van der Waals surface area contributed by atoms with Crippen molar-refractivity contribution in [2.45, 2.75) is 24.4 Å². The van der Waals surface area contributed by atoms with Gasteiger partial charge in [0.1, 0.15) is 0 Å². The molecule has 2 unspecified atom stereocenters. The number of hydrogen-bond acceptors (Lipinski definition) is 4. The van der Waals surface area contributed by atoms with E-state index in [0.717, 1.165) is 38.2 Å². The number of rotatable bonds is 7. The van der Waals surface area contributed by atoms with Gasteiger partial charge in [0.2, 0.25) is 0 Å². The molecular weight excluding hydrogens is 252 g/mol. The van der Waals surface area contributed by atoms with Crippen molar-refractivity contribution in [3.63, 3.8) is 0 Å². The number of nitrogens with one attached hydrogen (secondary N) is 1. The summed E-state index contributed by atoms with van der Waals surface area (Å²) in [4.78, 5) is 2.34. The minimum Gasteiger partial charge on any atom is -0.394 e. The van der Waals surface area contributed by atoms with Gasteiger partial charge < -0.3 is 20.1 Å². The zero-order valence-corrected chi connectivity index (χ0v) is 12.5. The van der Waals surface area contributed by atoms with E-state index in [4.69, 9.17) is 4.74 Å². The summed E-state index contributed by atoms with van der Waals surface area (Å²) in [6.07, 6.45) is 1.98. The highest BCUT2D eigenvalue weighted by Gasteiger charge is 2.31. The Morgan fingerprint density at radius 3 is 2.70 bits per heavy atom. The van der Waals surface area contributed by atoms with Crippen LogP contribution in [-0.2, 0) is 10.3 Å². The van der Waals surface area contributed by atoms with E-state index >= 15 is 0 Å². The van der Waals surface area contributed by atoms with Gasteiger partial charge in [-0.15, -0.1) is 0 Å². The first-order valence-corrected chi connectivity index (χ1v) is 7.35. The highest BCUT2D eigenvalue weighted by molar-refractivity contribution is 5.24. The normalized spacial score (nSPS) is 22.1. The lowest BCUT2D eigenvalue weighted by Crippen LogP contribution is -2.47. The van der Waals surface area contributed by atoms with Crippen molar-refractivity contribution in [1.29, 1.82) is 0 Å². The van der Waals surface area contributed by atoms with Crippen LogP contribution in [0.4, 0.5) is 0 Å². The number of nitrogens with zero attached hydrogens (tertiary/aromatic N) is 1. The minimum atomic E-state index is -0.366. The molecule has 1 aromatic carbocycles. The average Bonchev–Trinajstić information content (AvgIpc) is 3.04. The van der Waals surface area contributed by atoms with Crippen molar-refractivity contribution in [3.05, 3.63) is 35.9 Å². The molecule has 0 bridgehead atoms. The van der Waals surface area contributed by atoms with Crippen LogP contribution >= 0.6 is 0 Å². The SMILES string of the molecule is CNC(CO)(CCN(C)C1CCOC1)c1ccccc1. The maximum Gasteiger partial charge on any atom is 0.0678 e. The fraction of sp³-hybridized carbons (Fsp3) is 0.625. The molecule has 1 saturated heterocycles. The Labute approximate surface area is 121 Å². The third-order valence-electron chi connectivity index (χ3n) is 4.50. The molecule has 1 aliphatic rings. The fourth-order valence-electron chi connectivity index (χ4n) is 2.84. The molecule has 20 heavy (non-hydrogen) atoms. The van der Waals surface area contributed by atoms with Crippen LogP contribution in [0.3, 0.4) is 0 Å². The smallest absolute Gasteiger partial charge is 0.0678 e. The predicted molar refractivity (Wildman–Crippen MR) is 80.7 cm³/mol. The molecule has 1 fully saturated rings. The molecular formula is C16H26N2O2. The van der Waals surface area contributed by atoms with E-state index < -0.39 is 0 Å². The van der Waals surface area contributed by atoms with Gasteiger partial charge in [-0.2, -0.15) is 0 Å². The van der Waals surface area contributed by atoms with Crippen LogP contribution in [0.1, 0.15) is 18.4 Å². The van der Waals surface area contributed by atoms with Gasteiger partial charge in [-0.05, 0) is 32.5 Å². The van der Waals surface area contributed by atoms with Crippen molar-refractivity contribution in [2.75, 3.05) is 40.5 Å². The zero-order chi connectivity index (χ0) is 14.4. The maximum absolute atomic E-state index is 9.90. The first-order chi connectivity index (χ1) is 9.72. The molecule has 0 spiro atoms. The van der Waals surface area contributed by atoms with Crippen LogP contribution in [0, 0.1) is 0 Å². The highest BCUT2D eigenvalue weighted by atomic mass is 16.5. The van der Waals surface area contributed by atoms with E-state index in [9.17, 15) is 5.11 Å². The summed E-state index contributed by atoms with van der Waals surface area (Å²) in [5, 5.41) is 13.2. The lowest BCUT2D eigenvalue weighted by atomic mass is 9.87. The summed E-state index contributed by atoms with van der Waals surface area (Å²) in [5.74, 6) is 0. The van der Waals surface area contributed by atoms with Gasteiger partial charge in [-0.3, -0.25) is 0 Å². The Kier molecular flexibility index (Phi) is 5.54. The van der Waals surface area contributed by atoms with E-state index in [1.54, 1.807) is 0 Å². The maximum atomic E-state index is 9.90. The number of aliphatic hydroxyl groups is 1. The molecule has 4 heteroatoms. The Hall–Kier alpha value is -0.940. The van der Waals surface area contributed by atoms with Crippen molar-refractivity contribution < 1.29 is 9.84 Å². The molecule has 1 aromatic rings. The monoisotopic (exact) mass is 278 g/mol. The fourth-order valence-corrected chi connectivity index (χ4v) is 2.84. The molecule has 2 N–H and O–H groups in total.